The molecule has 4 heteroatoms. The Kier molecular flexibility index (Phi) is 5.08. The monoisotopic (exact) mass is 380 g/mol. The van der Waals surface area contributed by atoms with E-state index in [1.165, 1.54) is 0 Å². The van der Waals surface area contributed by atoms with Gasteiger partial charge in [0.25, 0.3) is 0 Å². The number of aromatic nitrogens is 2. The van der Waals surface area contributed by atoms with Crippen molar-refractivity contribution in [2.75, 3.05) is 0 Å². The molecule has 0 atom stereocenters. The van der Waals surface area contributed by atoms with Crippen LogP contribution in [-0.4, -0.2) is 20.2 Å². The van der Waals surface area contributed by atoms with Gasteiger partial charge in [0, 0.05) is 23.3 Å². The van der Waals surface area contributed by atoms with Crippen molar-refractivity contribution in [1.82, 2.24) is 9.97 Å². The van der Waals surface area contributed by atoms with Gasteiger partial charge in [0.05, 0.1) is 22.4 Å². The third-order valence-electron chi connectivity index (χ3n) is 4.56. The van der Waals surface area contributed by atoms with Crippen molar-refractivity contribution in [2.24, 2.45) is 0 Å². The van der Waals surface area contributed by atoms with Gasteiger partial charge in [0.1, 0.15) is 11.5 Å². The van der Waals surface area contributed by atoms with E-state index >= 15 is 0 Å². The molecule has 0 spiro atoms. The van der Waals surface area contributed by atoms with Gasteiger partial charge in [-0.2, -0.15) is 0 Å². The topological polar surface area (TPSA) is 66.2 Å². The van der Waals surface area contributed by atoms with Gasteiger partial charge in [0.15, 0.2) is 0 Å². The zero-order chi connectivity index (χ0) is 20.2. The molecule has 0 amide bonds. The van der Waals surface area contributed by atoms with Crippen LogP contribution < -0.4 is 0 Å². The molecule has 0 aliphatic heterocycles. The van der Waals surface area contributed by atoms with Crippen LogP contribution in [-0.2, 0) is 0 Å². The molecular formula is C25H20N2O2. The molecule has 0 fully saturated rings. The summed E-state index contributed by atoms with van der Waals surface area (Å²) in [6, 6.07) is 24.3. The van der Waals surface area contributed by atoms with Crippen molar-refractivity contribution in [2.45, 2.75) is 6.92 Å². The minimum Gasteiger partial charge on any atom is -0.507 e. The van der Waals surface area contributed by atoms with Gasteiger partial charge in [-0.1, -0.05) is 66.7 Å². The van der Waals surface area contributed by atoms with Crippen molar-refractivity contribution >= 4 is 34.7 Å². The SMILES string of the molecule is Cc1ccc2nc(/C=C(\O)c3ccccc3)c(/C=C(/O)c3ccccc3)nc2c1. The van der Waals surface area contributed by atoms with Crippen LogP contribution >= 0.6 is 0 Å². The minimum atomic E-state index is 0.0835. The van der Waals surface area contributed by atoms with Gasteiger partial charge >= 0.3 is 0 Å². The van der Waals surface area contributed by atoms with Crippen LogP contribution in [0.4, 0.5) is 0 Å². The molecule has 4 rings (SSSR count). The highest BCUT2D eigenvalue weighted by Crippen LogP contribution is 2.23. The largest absolute Gasteiger partial charge is 0.507 e. The maximum absolute atomic E-state index is 10.6. The first-order valence-corrected chi connectivity index (χ1v) is 9.31. The van der Waals surface area contributed by atoms with E-state index in [4.69, 9.17) is 4.98 Å². The summed E-state index contributed by atoms with van der Waals surface area (Å²) in [6.07, 6.45) is 3.15. The summed E-state index contributed by atoms with van der Waals surface area (Å²) in [4.78, 5) is 9.37. The fraction of sp³-hybridized carbons (Fsp3) is 0.0400. The number of benzene rings is 3. The first-order chi connectivity index (χ1) is 14.1. The number of rotatable bonds is 4. The molecule has 0 radical (unpaired) electrons. The second kappa shape index (κ2) is 7.98. The Hall–Kier alpha value is -3.92. The standard InChI is InChI=1S/C25H20N2O2/c1-17-12-13-20-21(14-17)27-23(16-25(29)19-10-6-3-7-11-19)22(26-20)15-24(28)18-8-4-2-5-9-18/h2-16,28-29H,1H3/b24-15-,25-16+. The van der Waals surface area contributed by atoms with Crippen molar-refractivity contribution < 1.29 is 10.2 Å². The van der Waals surface area contributed by atoms with Gasteiger partial charge in [-0.3, -0.25) is 0 Å². The van der Waals surface area contributed by atoms with Crippen molar-refractivity contribution in [1.29, 1.82) is 0 Å². The molecule has 1 aromatic heterocycles. The van der Waals surface area contributed by atoms with Crippen LogP contribution in [0.1, 0.15) is 28.1 Å². The molecule has 4 aromatic rings. The fourth-order valence-electron chi connectivity index (χ4n) is 3.05. The summed E-state index contributed by atoms with van der Waals surface area (Å²) < 4.78 is 0. The average molecular weight is 380 g/mol. The molecule has 1 heterocycles. The second-order valence-electron chi connectivity index (χ2n) is 6.78. The zero-order valence-electron chi connectivity index (χ0n) is 15.9. The number of aliphatic hydroxyl groups is 2. The van der Waals surface area contributed by atoms with Crippen LogP contribution in [0, 0.1) is 6.92 Å². The predicted octanol–water partition coefficient (Wildman–Crippen LogP) is 6.05. The van der Waals surface area contributed by atoms with E-state index in [9.17, 15) is 10.2 Å². The Morgan fingerprint density at radius 3 is 1.66 bits per heavy atom. The lowest BCUT2D eigenvalue weighted by molar-refractivity contribution is 0.514. The van der Waals surface area contributed by atoms with Crippen molar-refractivity contribution in [3.05, 3.63) is 107 Å². The summed E-state index contributed by atoms with van der Waals surface area (Å²) >= 11 is 0. The molecule has 4 nitrogen and oxygen atoms in total. The molecule has 0 aliphatic carbocycles. The lowest BCUT2D eigenvalue weighted by Gasteiger charge is -2.07. The first-order valence-electron chi connectivity index (χ1n) is 9.31. The summed E-state index contributed by atoms with van der Waals surface area (Å²) in [5.74, 6) is 0.168. The second-order valence-corrected chi connectivity index (χ2v) is 6.78. The van der Waals surface area contributed by atoms with E-state index in [2.05, 4.69) is 4.98 Å². The zero-order valence-corrected chi connectivity index (χ0v) is 15.9. The van der Waals surface area contributed by atoms with E-state index in [-0.39, 0.29) is 11.5 Å². The van der Waals surface area contributed by atoms with Gasteiger partial charge in [-0.25, -0.2) is 9.97 Å². The normalized spacial score (nSPS) is 12.3. The van der Waals surface area contributed by atoms with E-state index < -0.39 is 0 Å². The number of nitrogens with zero attached hydrogens (tertiary/aromatic N) is 2. The Bertz CT molecular complexity index is 1210. The molecular weight excluding hydrogens is 360 g/mol. The Morgan fingerprint density at radius 1 is 0.655 bits per heavy atom. The van der Waals surface area contributed by atoms with Crippen LogP contribution in [0.2, 0.25) is 0 Å². The molecule has 0 unspecified atom stereocenters. The average Bonchev–Trinajstić information content (AvgIpc) is 2.75. The van der Waals surface area contributed by atoms with E-state index in [0.717, 1.165) is 16.6 Å². The van der Waals surface area contributed by atoms with Gasteiger partial charge in [-0.15, -0.1) is 0 Å². The molecule has 29 heavy (non-hydrogen) atoms. The minimum absolute atomic E-state index is 0.0835. The summed E-state index contributed by atoms with van der Waals surface area (Å²) in [7, 11) is 0. The lowest BCUT2D eigenvalue weighted by atomic mass is 10.1. The quantitative estimate of drug-likeness (QED) is 0.423. The molecule has 2 N–H and O–H groups in total. The Morgan fingerprint density at radius 2 is 1.14 bits per heavy atom. The number of aliphatic hydroxyl groups excluding tert-OH is 2. The van der Waals surface area contributed by atoms with Crippen LogP contribution in [0.5, 0.6) is 0 Å². The van der Waals surface area contributed by atoms with Gasteiger partial charge in [-0.05, 0) is 24.6 Å². The predicted molar refractivity (Wildman–Crippen MR) is 118 cm³/mol. The molecule has 0 aliphatic rings. The maximum atomic E-state index is 10.6. The molecule has 0 saturated heterocycles. The number of hydrogen-bond donors (Lipinski definition) is 2. The van der Waals surface area contributed by atoms with E-state index in [1.54, 1.807) is 12.2 Å². The summed E-state index contributed by atoms with van der Waals surface area (Å²) in [5, 5.41) is 21.2. The van der Waals surface area contributed by atoms with Crippen molar-refractivity contribution in [3.63, 3.8) is 0 Å². The summed E-state index contributed by atoms with van der Waals surface area (Å²) in [5.41, 5.74) is 4.84. The highest BCUT2D eigenvalue weighted by atomic mass is 16.3. The van der Waals surface area contributed by atoms with Crippen LogP contribution in [0.3, 0.4) is 0 Å². The Labute approximate surface area is 169 Å². The van der Waals surface area contributed by atoms with Crippen LogP contribution in [0.25, 0.3) is 34.7 Å². The first kappa shape index (κ1) is 18.4. The van der Waals surface area contributed by atoms with Gasteiger partial charge in [0.2, 0.25) is 0 Å². The van der Waals surface area contributed by atoms with Crippen molar-refractivity contribution in [3.8, 4) is 0 Å². The maximum Gasteiger partial charge on any atom is 0.125 e. The highest BCUT2D eigenvalue weighted by molar-refractivity contribution is 5.86. The van der Waals surface area contributed by atoms with Gasteiger partial charge < -0.3 is 10.2 Å². The summed E-state index contributed by atoms with van der Waals surface area (Å²) in [6.45, 7) is 1.99. The highest BCUT2D eigenvalue weighted by Gasteiger charge is 2.10. The molecule has 0 bridgehead atoms. The third-order valence-corrected chi connectivity index (χ3v) is 4.56. The number of fused-ring (bicyclic) bond motifs is 1. The van der Waals surface area contributed by atoms with E-state index in [0.29, 0.717) is 22.5 Å². The fourth-order valence-corrected chi connectivity index (χ4v) is 3.05. The number of aryl methyl sites for hydroxylation is 1. The van der Waals surface area contributed by atoms with Crippen LogP contribution in [0.15, 0.2) is 78.9 Å². The van der Waals surface area contributed by atoms with E-state index in [1.807, 2.05) is 85.8 Å². The lowest BCUT2D eigenvalue weighted by Crippen LogP contribution is -1.97. The molecule has 0 saturated carbocycles. The third kappa shape index (κ3) is 4.17. The number of hydrogen-bond acceptors (Lipinski definition) is 4. The molecule has 142 valence electrons. The molecule has 3 aromatic carbocycles. The Balaban J connectivity index is 1.88. The smallest absolute Gasteiger partial charge is 0.125 e.